The second kappa shape index (κ2) is 19.2. The zero-order valence-electron chi connectivity index (χ0n) is 33.1. The van der Waals surface area contributed by atoms with Crippen LogP contribution in [-0.2, 0) is 28.5 Å². The van der Waals surface area contributed by atoms with Crippen molar-refractivity contribution in [2.24, 2.45) is 0 Å². The number of ether oxygens (including phenoxy) is 7. The Kier molecular flexibility index (Phi) is 14.0. The highest BCUT2D eigenvalue weighted by Crippen LogP contribution is 2.43. The summed E-state index contributed by atoms with van der Waals surface area (Å²) in [5.41, 5.74) is 0.0311. The highest BCUT2D eigenvalue weighted by molar-refractivity contribution is 5.87. The van der Waals surface area contributed by atoms with Crippen LogP contribution >= 0.6 is 0 Å². The van der Waals surface area contributed by atoms with Gasteiger partial charge in [-0.3, -0.25) is 4.79 Å². The van der Waals surface area contributed by atoms with Gasteiger partial charge in [-0.1, -0.05) is 12.1 Å². The maximum atomic E-state index is 13.2. The Labute approximate surface area is 356 Å². The molecule has 0 saturated carbocycles. The number of carbonyl (C=O) groups is 1. The Bertz CT molecular complexity index is 2230. The van der Waals surface area contributed by atoms with E-state index < -0.39 is 117 Å². The van der Waals surface area contributed by atoms with Crippen molar-refractivity contribution in [2.45, 2.75) is 99.0 Å². The second-order valence-corrected chi connectivity index (χ2v) is 15.1. The zero-order valence-corrected chi connectivity index (χ0v) is 33.1. The van der Waals surface area contributed by atoms with Crippen LogP contribution in [0.2, 0.25) is 0 Å². The molecule has 0 radical (unpaired) electrons. The first kappa shape index (κ1) is 45.8. The van der Waals surface area contributed by atoms with E-state index >= 15 is 0 Å². The SMILES string of the molecule is C[C@@H]1O[C@@H](OC[C@H]2O[C@@H](Oc3cc4c(O[C@@H]5O[C@H](CO)[C@@H](O)[C@H](O)[C@H]5O)cc(=O)cc-4oc3-c3ccc(O)cc3)[C@H](O)[C@@H](OC(=O)C=Cc3ccc(O)cc3)[C@@H]2O)[C@H](O)[C@H](O)[C@H]1O. The van der Waals surface area contributed by atoms with Crippen molar-refractivity contribution in [3.63, 3.8) is 0 Å². The van der Waals surface area contributed by atoms with E-state index in [1.807, 2.05) is 0 Å². The Hall–Kier alpha value is -5.24. The largest absolute Gasteiger partial charge is 0.508 e. The molecule has 2 aromatic rings. The molecule has 0 amide bonds. The molecular formula is C42H46O21. The number of phenols is 2. The smallest absolute Gasteiger partial charge is 0.331 e. The summed E-state index contributed by atoms with van der Waals surface area (Å²) in [6.07, 6.45) is -22.7. The lowest BCUT2D eigenvalue weighted by Crippen LogP contribution is -2.62. The average Bonchev–Trinajstić information content (AvgIpc) is 3.26. The molecule has 11 N–H and O–H groups in total. The molecule has 15 atom stereocenters. The van der Waals surface area contributed by atoms with E-state index in [9.17, 15) is 65.8 Å². The van der Waals surface area contributed by atoms with E-state index in [-0.39, 0.29) is 45.6 Å². The van der Waals surface area contributed by atoms with Gasteiger partial charge in [0.25, 0.3) is 0 Å². The monoisotopic (exact) mass is 886 g/mol. The number of aliphatic hydroxyl groups excluding tert-OH is 9. The standard InChI is InChI=1S/C42H46O21/c1-17-30(48)33(51)35(53)40(57-17)56-16-28-32(50)39(63-29(47)11-4-18-2-7-20(44)8-3-18)37(55)42(62-28)60-26-14-23-24(58-38(26)19-5-9-21(45)10-6-19)12-22(46)13-25(23)59-41-36(54)34(52)31(49)27(15-43)61-41/h2-14,17,27-28,30-37,39-45,48-55H,15-16H2,1H3/t17-,27+,28+,30-,31+,32+,33+,34-,35+,36+,37+,39-,40+,41+,42+/m0/s1. The van der Waals surface area contributed by atoms with Crippen molar-refractivity contribution in [3.05, 3.63) is 88.6 Å². The predicted octanol–water partition coefficient (Wildman–Crippen LogP) is -1.70. The van der Waals surface area contributed by atoms with Crippen LogP contribution in [0.1, 0.15) is 12.5 Å². The molecule has 0 unspecified atom stereocenters. The fraction of sp³-hybridized carbons (Fsp3) is 0.429. The van der Waals surface area contributed by atoms with Crippen LogP contribution in [-0.4, -0.2) is 167 Å². The minimum Gasteiger partial charge on any atom is -0.508 e. The highest BCUT2D eigenvalue weighted by Gasteiger charge is 2.50. The number of hydrogen-bond donors (Lipinski definition) is 11. The molecule has 2 aromatic carbocycles. The zero-order chi connectivity index (χ0) is 45.3. The Balaban J connectivity index is 1.24. The maximum absolute atomic E-state index is 13.2. The van der Waals surface area contributed by atoms with Gasteiger partial charge in [-0.2, -0.15) is 0 Å². The minimum atomic E-state index is -1.99. The molecule has 21 heteroatoms. The van der Waals surface area contributed by atoms with Gasteiger partial charge in [-0.15, -0.1) is 0 Å². The van der Waals surface area contributed by atoms with Crippen molar-refractivity contribution < 1.29 is 98.5 Å². The van der Waals surface area contributed by atoms with E-state index in [2.05, 4.69) is 0 Å². The number of carbonyl (C=O) groups excluding carboxylic acids is 1. The number of phenolic OH excluding ortho intramolecular Hbond substituents is 2. The molecule has 0 aromatic heterocycles. The summed E-state index contributed by atoms with van der Waals surface area (Å²) in [7, 11) is 0. The summed E-state index contributed by atoms with van der Waals surface area (Å²) in [4.78, 5) is 26.1. The number of benzene rings is 3. The highest BCUT2D eigenvalue weighted by atomic mass is 16.7. The van der Waals surface area contributed by atoms with Gasteiger partial charge in [0.1, 0.15) is 77.9 Å². The van der Waals surface area contributed by atoms with Crippen molar-refractivity contribution in [1.82, 2.24) is 0 Å². The van der Waals surface area contributed by atoms with Crippen LogP contribution in [0.25, 0.3) is 28.7 Å². The first-order valence-electron chi connectivity index (χ1n) is 19.6. The molecule has 4 heterocycles. The topological polar surface area (TPSA) is 334 Å². The van der Waals surface area contributed by atoms with Gasteiger partial charge in [-0.05, 0) is 61.0 Å². The lowest BCUT2D eigenvalue weighted by molar-refractivity contribution is -0.319. The summed E-state index contributed by atoms with van der Waals surface area (Å²) < 4.78 is 46.5. The fourth-order valence-corrected chi connectivity index (χ4v) is 7.12. The number of hydrogen-bond acceptors (Lipinski definition) is 21. The van der Waals surface area contributed by atoms with E-state index in [1.165, 1.54) is 67.6 Å². The maximum Gasteiger partial charge on any atom is 0.331 e. The summed E-state index contributed by atoms with van der Waals surface area (Å²) in [5, 5.41) is 115. The van der Waals surface area contributed by atoms with Crippen molar-refractivity contribution in [3.8, 4) is 45.6 Å². The first-order valence-corrected chi connectivity index (χ1v) is 19.6. The van der Waals surface area contributed by atoms with E-state index in [0.717, 1.165) is 18.2 Å². The first-order chi connectivity index (χ1) is 30.0. The number of aromatic hydroxyl groups is 2. The van der Waals surface area contributed by atoms with Crippen molar-refractivity contribution in [2.75, 3.05) is 13.2 Å². The van der Waals surface area contributed by atoms with Crippen LogP contribution in [0.15, 0.2) is 82.0 Å². The van der Waals surface area contributed by atoms with Crippen molar-refractivity contribution in [1.29, 1.82) is 0 Å². The molecular weight excluding hydrogens is 840 g/mol. The quantitative estimate of drug-likeness (QED) is 0.0558. The molecule has 21 nitrogen and oxygen atoms in total. The summed E-state index contributed by atoms with van der Waals surface area (Å²) in [6.45, 7) is -0.00888. The fourth-order valence-electron chi connectivity index (χ4n) is 7.12. The molecule has 4 aliphatic heterocycles. The molecule has 5 aliphatic rings. The molecule has 3 fully saturated rings. The Morgan fingerprint density at radius 1 is 0.667 bits per heavy atom. The third-order valence-corrected chi connectivity index (χ3v) is 10.7. The molecule has 0 spiro atoms. The average molecular weight is 887 g/mol. The third-order valence-electron chi connectivity index (χ3n) is 10.7. The number of aliphatic hydroxyl groups is 9. The second-order valence-electron chi connectivity index (χ2n) is 15.1. The predicted molar refractivity (Wildman–Crippen MR) is 210 cm³/mol. The summed E-state index contributed by atoms with van der Waals surface area (Å²) in [6, 6.07) is 14.6. The molecule has 340 valence electrons. The van der Waals surface area contributed by atoms with Gasteiger partial charge in [-0.25, -0.2) is 4.79 Å². The Morgan fingerprint density at radius 3 is 1.95 bits per heavy atom. The number of esters is 1. The van der Waals surface area contributed by atoms with E-state index in [0.29, 0.717) is 5.56 Å². The van der Waals surface area contributed by atoms with Gasteiger partial charge in [0, 0.05) is 23.8 Å². The number of fused-ring (bicyclic) bond motifs is 1. The van der Waals surface area contributed by atoms with Crippen LogP contribution in [0.4, 0.5) is 0 Å². The van der Waals surface area contributed by atoms with Gasteiger partial charge >= 0.3 is 5.97 Å². The van der Waals surface area contributed by atoms with Crippen LogP contribution in [0.5, 0.6) is 23.0 Å². The minimum absolute atomic E-state index is 0.0192. The molecule has 7 rings (SSSR count). The lowest BCUT2D eigenvalue weighted by atomic mass is 9.98. The van der Waals surface area contributed by atoms with Crippen molar-refractivity contribution >= 4 is 12.0 Å². The Morgan fingerprint density at radius 2 is 1.27 bits per heavy atom. The molecule has 63 heavy (non-hydrogen) atoms. The van der Waals surface area contributed by atoms with Gasteiger partial charge in [0.2, 0.25) is 12.6 Å². The van der Waals surface area contributed by atoms with Gasteiger partial charge < -0.3 is 93.7 Å². The number of rotatable bonds is 12. The molecule has 3 saturated heterocycles. The lowest BCUT2D eigenvalue weighted by Gasteiger charge is -2.43. The summed E-state index contributed by atoms with van der Waals surface area (Å²) >= 11 is 0. The van der Waals surface area contributed by atoms with Crippen LogP contribution < -0.4 is 14.9 Å². The van der Waals surface area contributed by atoms with E-state index in [4.69, 9.17) is 37.6 Å². The molecule has 0 bridgehead atoms. The van der Waals surface area contributed by atoms with Gasteiger partial charge in [0.15, 0.2) is 35.4 Å². The normalized spacial score (nSPS) is 33.6. The van der Waals surface area contributed by atoms with Gasteiger partial charge in [0.05, 0.1) is 24.9 Å². The van der Waals surface area contributed by atoms with Crippen LogP contribution in [0.3, 0.4) is 0 Å². The molecule has 1 aliphatic carbocycles. The third kappa shape index (κ3) is 9.95. The van der Waals surface area contributed by atoms with E-state index in [1.54, 1.807) is 0 Å². The van der Waals surface area contributed by atoms with Crippen LogP contribution in [0, 0.1) is 0 Å². The summed E-state index contributed by atoms with van der Waals surface area (Å²) in [5.74, 6) is -2.03.